The summed E-state index contributed by atoms with van der Waals surface area (Å²) in [7, 11) is 3.83. The summed E-state index contributed by atoms with van der Waals surface area (Å²) in [6, 6.07) is 20.0. The van der Waals surface area contributed by atoms with Gasteiger partial charge in [-0.25, -0.2) is 0 Å². The lowest BCUT2D eigenvalue weighted by Gasteiger charge is -2.28. The minimum Gasteiger partial charge on any atom is -0.507 e. The fourth-order valence-electron chi connectivity index (χ4n) is 4.30. The van der Waals surface area contributed by atoms with Crippen molar-refractivity contribution in [1.29, 1.82) is 0 Å². The maximum atomic E-state index is 13.3. The zero-order valence-electron chi connectivity index (χ0n) is 20.0. The fourth-order valence-corrected chi connectivity index (χ4v) is 4.30. The number of likely N-dealkylation sites (tertiary alicyclic amines) is 1. The zero-order chi connectivity index (χ0) is 24.4. The highest BCUT2D eigenvalue weighted by atomic mass is 16.5. The number of fused-ring (bicyclic) bond motifs is 1. The topological polar surface area (TPSA) is 70.1 Å². The number of carbonyl (C=O) groups excluding carboxylic acids is 2. The second kappa shape index (κ2) is 9.69. The van der Waals surface area contributed by atoms with E-state index in [0.717, 1.165) is 10.8 Å². The molecule has 1 atom stereocenters. The second-order valence-corrected chi connectivity index (χ2v) is 9.06. The van der Waals surface area contributed by atoms with E-state index in [1.165, 1.54) is 4.90 Å². The summed E-state index contributed by atoms with van der Waals surface area (Å²) < 4.78 is 6.03. The molecule has 0 aliphatic carbocycles. The lowest BCUT2D eigenvalue weighted by Crippen LogP contribution is -2.35. The predicted molar refractivity (Wildman–Crippen MR) is 134 cm³/mol. The Hall–Kier alpha value is -3.64. The van der Waals surface area contributed by atoms with Crippen LogP contribution < -0.4 is 4.74 Å². The molecule has 0 bridgehead atoms. The van der Waals surface area contributed by atoms with Gasteiger partial charge in [0.1, 0.15) is 11.5 Å². The molecule has 6 heteroatoms. The van der Waals surface area contributed by atoms with Crippen LogP contribution in [0.25, 0.3) is 16.5 Å². The van der Waals surface area contributed by atoms with Crippen molar-refractivity contribution in [3.8, 4) is 5.75 Å². The van der Waals surface area contributed by atoms with Crippen LogP contribution >= 0.6 is 0 Å². The summed E-state index contributed by atoms with van der Waals surface area (Å²) in [5.41, 5.74) is 1.26. The second-order valence-electron chi connectivity index (χ2n) is 9.06. The average molecular weight is 459 g/mol. The van der Waals surface area contributed by atoms with Gasteiger partial charge in [-0.05, 0) is 50.8 Å². The molecule has 0 spiro atoms. The van der Waals surface area contributed by atoms with Crippen LogP contribution in [0.1, 0.15) is 31.0 Å². The van der Waals surface area contributed by atoms with E-state index in [9.17, 15) is 14.7 Å². The molecule has 0 saturated carbocycles. The van der Waals surface area contributed by atoms with E-state index in [1.54, 1.807) is 6.07 Å². The molecule has 1 N–H and O–H groups in total. The van der Waals surface area contributed by atoms with E-state index in [-0.39, 0.29) is 17.4 Å². The van der Waals surface area contributed by atoms with Gasteiger partial charge in [0.15, 0.2) is 0 Å². The first kappa shape index (κ1) is 23.5. The number of nitrogens with zero attached hydrogens (tertiary/aromatic N) is 2. The number of amides is 1. The number of Topliss-reactive ketones (excluding diaryl/α,β-unsaturated/α-hetero) is 1. The van der Waals surface area contributed by atoms with E-state index in [2.05, 4.69) is 0 Å². The minimum absolute atomic E-state index is 0.0823. The molecule has 1 amide bonds. The van der Waals surface area contributed by atoms with Crippen molar-refractivity contribution in [3.63, 3.8) is 0 Å². The third-order valence-corrected chi connectivity index (χ3v) is 5.93. The van der Waals surface area contributed by atoms with Crippen LogP contribution in [0, 0.1) is 0 Å². The van der Waals surface area contributed by atoms with Gasteiger partial charge in [-0.1, -0.05) is 54.6 Å². The minimum atomic E-state index is -0.749. The highest BCUT2D eigenvalue weighted by Gasteiger charge is 2.46. The summed E-state index contributed by atoms with van der Waals surface area (Å²) in [4.78, 5) is 30.0. The third kappa shape index (κ3) is 4.54. The van der Waals surface area contributed by atoms with Gasteiger partial charge in [-0.15, -0.1) is 0 Å². The average Bonchev–Trinajstić information content (AvgIpc) is 3.06. The van der Waals surface area contributed by atoms with Crippen molar-refractivity contribution in [2.24, 2.45) is 0 Å². The van der Waals surface area contributed by atoms with E-state index in [4.69, 9.17) is 4.74 Å². The van der Waals surface area contributed by atoms with Crippen LogP contribution in [0.5, 0.6) is 5.75 Å². The van der Waals surface area contributed by atoms with E-state index in [0.29, 0.717) is 30.0 Å². The van der Waals surface area contributed by atoms with Crippen LogP contribution in [0.3, 0.4) is 0 Å². The molecule has 1 aliphatic heterocycles. The van der Waals surface area contributed by atoms with Crippen LogP contribution in [0.15, 0.2) is 72.3 Å². The number of aliphatic hydroxyl groups excluding tert-OH is 1. The van der Waals surface area contributed by atoms with Gasteiger partial charge in [-0.2, -0.15) is 0 Å². The molecule has 1 fully saturated rings. The molecular weight excluding hydrogens is 428 g/mol. The van der Waals surface area contributed by atoms with Crippen molar-refractivity contribution < 1.29 is 19.4 Å². The van der Waals surface area contributed by atoms with Gasteiger partial charge in [0.05, 0.1) is 17.7 Å². The first-order valence-corrected chi connectivity index (χ1v) is 11.5. The van der Waals surface area contributed by atoms with Crippen molar-refractivity contribution in [3.05, 3.63) is 83.4 Å². The zero-order valence-corrected chi connectivity index (χ0v) is 20.0. The Morgan fingerprint density at radius 1 is 1.00 bits per heavy atom. The smallest absolute Gasteiger partial charge is 0.295 e. The molecule has 1 heterocycles. The highest BCUT2D eigenvalue weighted by Crippen LogP contribution is 2.43. The van der Waals surface area contributed by atoms with Gasteiger partial charge in [0.25, 0.3) is 11.7 Å². The number of ketones is 1. The quantitative estimate of drug-likeness (QED) is 0.318. The van der Waals surface area contributed by atoms with E-state index < -0.39 is 17.7 Å². The highest BCUT2D eigenvalue weighted by molar-refractivity contribution is 6.46. The maximum Gasteiger partial charge on any atom is 0.295 e. The summed E-state index contributed by atoms with van der Waals surface area (Å²) in [6.07, 6.45) is -0.0919. The normalized spacial score (nSPS) is 17.8. The summed E-state index contributed by atoms with van der Waals surface area (Å²) >= 11 is 0. The maximum absolute atomic E-state index is 13.3. The monoisotopic (exact) mass is 458 g/mol. The first-order chi connectivity index (χ1) is 16.3. The molecule has 6 nitrogen and oxygen atoms in total. The number of carbonyl (C=O) groups is 2. The van der Waals surface area contributed by atoms with Gasteiger partial charge in [0, 0.05) is 24.2 Å². The number of benzene rings is 3. The van der Waals surface area contributed by atoms with Crippen molar-refractivity contribution >= 4 is 28.2 Å². The molecule has 176 valence electrons. The number of likely N-dealkylation sites (N-methyl/N-ethyl adjacent to an activating group) is 1. The van der Waals surface area contributed by atoms with Gasteiger partial charge < -0.3 is 19.6 Å². The number of ether oxygens (including phenoxy) is 1. The standard InChI is InChI=1S/C28H30N2O4/c1-18(2)34-23-12-8-7-11-22(23)25-24(27(32)28(33)30(25)16-15-29(3)4)26(31)21-14-13-19-9-5-6-10-20(19)17-21/h5-14,17-18,25,31H,15-16H2,1-4H3/b26-24+. The fraction of sp³-hybridized carbons (Fsp3) is 0.286. The Morgan fingerprint density at radius 3 is 2.38 bits per heavy atom. The summed E-state index contributed by atoms with van der Waals surface area (Å²) in [6.45, 7) is 4.77. The molecule has 0 radical (unpaired) electrons. The Labute approximate surface area is 200 Å². The SMILES string of the molecule is CC(C)Oc1ccccc1C1/C(=C(\O)c2ccc3ccccc3c2)C(=O)C(=O)N1CCN(C)C. The van der Waals surface area contributed by atoms with Gasteiger partial charge in [-0.3, -0.25) is 9.59 Å². The molecule has 1 saturated heterocycles. The van der Waals surface area contributed by atoms with Crippen LogP contribution in [-0.2, 0) is 9.59 Å². The largest absolute Gasteiger partial charge is 0.507 e. The lowest BCUT2D eigenvalue weighted by atomic mass is 9.94. The Morgan fingerprint density at radius 2 is 1.68 bits per heavy atom. The molecule has 3 aromatic rings. The number of para-hydroxylation sites is 1. The van der Waals surface area contributed by atoms with Crippen molar-refractivity contribution in [1.82, 2.24) is 9.80 Å². The lowest BCUT2D eigenvalue weighted by molar-refractivity contribution is -0.140. The van der Waals surface area contributed by atoms with E-state index >= 15 is 0 Å². The molecule has 3 aromatic carbocycles. The molecule has 1 unspecified atom stereocenters. The Balaban J connectivity index is 1.90. The number of aliphatic hydroxyl groups is 1. The predicted octanol–water partition coefficient (Wildman–Crippen LogP) is 4.61. The van der Waals surface area contributed by atoms with Crippen molar-refractivity contribution in [2.45, 2.75) is 26.0 Å². The Bertz CT molecular complexity index is 1260. The van der Waals surface area contributed by atoms with Crippen LogP contribution in [-0.4, -0.2) is 59.9 Å². The summed E-state index contributed by atoms with van der Waals surface area (Å²) in [5.74, 6) is -0.897. The van der Waals surface area contributed by atoms with Gasteiger partial charge in [0.2, 0.25) is 0 Å². The van der Waals surface area contributed by atoms with Gasteiger partial charge >= 0.3 is 0 Å². The van der Waals surface area contributed by atoms with Crippen LogP contribution in [0.4, 0.5) is 0 Å². The molecule has 4 rings (SSSR count). The molecule has 1 aliphatic rings. The number of rotatable bonds is 7. The number of hydrogen-bond donors (Lipinski definition) is 1. The Kier molecular flexibility index (Phi) is 6.70. The third-order valence-electron chi connectivity index (χ3n) is 5.93. The summed E-state index contributed by atoms with van der Waals surface area (Å²) in [5, 5.41) is 13.4. The first-order valence-electron chi connectivity index (χ1n) is 11.5. The molecular formula is C28H30N2O4. The van der Waals surface area contributed by atoms with Crippen molar-refractivity contribution in [2.75, 3.05) is 27.2 Å². The van der Waals surface area contributed by atoms with Crippen LogP contribution in [0.2, 0.25) is 0 Å². The molecule has 34 heavy (non-hydrogen) atoms. The van der Waals surface area contributed by atoms with E-state index in [1.807, 2.05) is 93.5 Å². The number of hydrogen-bond acceptors (Lipinski definition) is 5. The molecule has 0 aromatic heterocycles.